The summed E-state index contributed by atoms with van der Waals surface area (Å²) in [7, 11) is 0. The number of rotatable bonds is 6. The van der Waals surface area contributed by atoms with E-state index in [0.717, 1.165) is 0 Å². The summed E-state index contributed by atoms with van der Waals surface area (Å²) < 4.78 is 0. The third kappa shape index (κ3) is 4.13. The van der Waals surface area contributed by atoms with Crippen molar-refractivity contribution in [2.24, 2.45) is 0 Å². The summed E-state index contributed by atoms with van der Waals surface area (Å²) in [5.74, 6) is -2.69. The highest BCUT2D eigenvalue weighted by Crippen LogP contribution is 2.33. The van der Waals surface area contributed by atoms with Crippen molar-refractivity contribution in [3.05, 3.63) is 47.5 Å². The molecule has 0 aliphatic carbocycles. The van der Waals surface area contributed by atoms with Crippen LogP contribution in [0.1, 0.15) is 22.3 Å². The Morgan fingerprint density at radius 2 is 1.57 bits per heavy atom. The second-order valence-electron chi connectivity index (χ2n) is 4.90. The molecule has 2 aromatic carbocycles. The largest absolute Gasteiger partial charge is 0.504 e. The Morgan fingerprint density at radius 3 is 2.13 bits per heavy atom. The molecule has 0 atom stereocenters. The fraction of sp³-hybridized carbons (Fsp3) is 0.125. The first-order valence-electron chi connectivity index (χ1n) is 6.74. The molecular formula is C16H15NO6. The highest BCUT2D eigenvalue weighted by atomic mass is 16.4. The molecule has 0 saturated heterocycles. The van der Waals surface area contributed by atoms with Crippen molar-refractivity contribution >= 4 is 23.3 Å². The van der Waals surface area contributed by atoms with Crippen LogP contribution in [0.25, 0.3) is 0 Å². The van der Waals surface area contributed by atoms with E-state index in [-0.39, 0.29) is 29.9 Å². The zero-order chi connectivity index (χ0) is 17.0. The van der Waals surface area contributed by atoms with Crippen LogP contribution in [-0.2, 0) is 11.2 Å². The summed E-state index contributed by atoms with van der Waals surface area (Å²) in [6.07, 6.45) is 0.0373. The standard InChI is InChI=1S/C16H15NO6/c18-13-7-10(3-6-15(20)21)12(8-14(13)19)17-11-4-1-9(2-5-11)16(22)23/h1-2,4-5,7-8,17-19H,3,6H2,(H,20,21)(H,22,23). The van der Waals surface area contributed by atoms with Crippen molar-refractivity contribution in [3.8, 4) is 11.5 Å². The normalized spacial score (nSPS) is 10.3. The van der Waals surface area contributed by atoms with E-state index in [0.29, 0.717) is 16.9 Å². The van der Waals surface area contributed by atoms with Gasteiger partial charge in [0.25, 0.3) is 0 Å². The highest BCUT2D eigenvalue weighted by Gasteiger charge is 2.11. The molecule has 2 rings (SSSR count). The Labute approximate surface area is 131 Å². The van der Waals surface area contributed by atoms with Gasteiger partial charge in [-0.05, 0) is 42.3 Å². The number of anilines is 2. The summed E-state index contributed by atoms with van der Waals surface area (Å²) in [5, 5.41) is 39.8. The topological polar surface area (TPSA) is 127 Å². The minimum absolute atomic E-state index is 0.128. The first-order chi connectivity index (χ1) is 10.9. The van der Waals surface area contributed by atoms with Crippen molar-refractivity contribution in [1.29, 1.82) is 0 Å². The van der Waals surface area contributed by atoms with Gasteiger partial charge in [0.1, 0.15) is 0 Å². The van der Waals surface area contributed by atoms with E-state index in [1.54, 1.807) is 12.1 Å². The smallest absolute Gasteiger partial charge is 0.335 e. The van der Waals surface area contributed by atoms with Crippen molar-refractivity contribution < 1.29 is 30.0 Å². The number of aromatic carboxylic acids is 1. The summed E-state index contributed by atoms with van der Waals surface area (Å²) >= 11 is 0. The summed E-state index contributed by atoms with van der Waals surface area (Å²) in [4.78, 5) is 21.5. The number of nitrogens with one attached hydrogen (secondary N) is 1. The molecule has 5 N–H and O–H groups in total. The van der Waals surface area contributed by atoms with Crippen LogP contribution in [-0.4, -0.2) is 32.4 Å². The molecule has 0 heterocycles. The van der Waals surface area contributed by atoms with Crippen LogP contribution in [0.4, 0.5) is 11.4 Å². The predicted molar refractivity (Wildman–Crippen MR) is 82.4 cm³/mol. The van der Waals surface area contributed by atoms with Gasteiger partial charge in [0.05, 0.1) is 5.56 Å². The van der Waals surface area contributed by atoms with Crippen molar-refractivity contribution in [2.45, 2.75) is 12.8 Å². The molecule has 0 spiro atoms. The predicted octanol–water partition coefficient (Wildman–Crippen LogP) is 2.56. The molecule has 0 unspecified atom stereocenters. The number of hydrogen-bond donors (Lipinski definition) is 5. The van der Waals surface area contributed by atoms with Gasteiger partial charge in [0.2, 0.25) is 0 Å². The average Bonchev–Trinajstić information content (AvgIpc) is 2.49. The fourth-order valence-corrected chi connectivity index (χ4v) is 2.04. The molecule has 0 bridgehead atoms. The van der Waals surface area contributed by atoms with E-state index in [2.05, 4.69) is 5.32 Å². The van der Waals surface area contributed by atoms with Crippen LogP contribution in [0.2, 0.25) is 0 Å². The van der Waals surface area contributed by atoms with E-state index in [1.165, 1.54) is 24.3 Å². The van der Waals surface area contributed by atoms with Crippen LogP contribution in [0.3, 0.4) is 0 Å². The van der Waals surface area contributed by atoms with Gasteiger partial charge in [-0.15, -0.1) is 0 Å². The maximum Gasteiger partial charge on any atom is 0.335 e. The number of benzene rings is 2. The van der Waals surface area contributed by atoms with Gasteiger partial charge in [0.15, 0.2) is 11.5 Å². The highest BCUT2D eigenvalue weighted by molar-refractivity contribution is 5.88. The van der Waals surface area contributed by atoms with Crippen molar-refractivity contribution in [2.75, 3.05) is 5.32 Å². The number of aromatic hydroxyl groups is 2. The molecule has 2 aromatic rings. The quantitative estimate of drug-likeness (QED) is 0.409. The lowest BCUT2D eigenvalue weighted by Crippen LogP contribution is -2.02. The van der Waals surface area contributed by atoms with E-state index in [9.17, 15) is 19.8 Å². The summed E-state index contributed by atoms with van der Waals surface area (Å²) in [6.45, 7) is 0. The maximum absolute atomic E-state index is 10.8. The average molecular weight is 317 g/mol. The van der Waals surface area contributed by atoms with Crippen LogP contribution >= 0.6 is 0 Å². The Balaban J connectivity index is 2.28. The number of aryl methyl sites for hydroxylation is 1. The van der Waals surface area contributed by atoms with Gasteiger partial charge in [-0.1, -0.05) is 0 Å². The molecule has 0 saturated carbocycles. The Kier molecular flexibility index (Phi) is 4.70. The van der Waals surface area contributed by atoms with Crippen LogP contribution < -0.4 is 5.32 Å². The van der Waals surface area contributed by atoms with Gasteiger partial charge >= 0.3 is 11.9 Å². The molecule has 0 fully saturated rings. The summed E-state index contributed by atoms with van der Waals surface area (Å²) in [6, 6.07) is 8.52. The molecule has 0 aliphatic rings. The molecule has 0 aliphatic heterocycles. The number of hydrogen-bond acceptors (Lipinski definition) is 5. The van der Waals surface area contributed by atoms with Gasteiger partial charge in [-0.2, -0.15) is 0 Å². The molecular weight excluding hydrogens is 302 g/mol. The molecule has 0 aromatic heterocycles. The Bertz CT molecular complexity index is 739. The molecule has 0 amide bonds. The molecule has 7 heteroatoms. The van der Waals surface area contributed by atoms with E-state index < -0.39 is 11.9 Å². The van der Waals surface area contributed by atoms with E-state index in [1.807, 2.05) is 0 Å². The zero-order valence-corrected chi connectivity index (χ0v) is 12.0. The maximum atomic E-state index is 10.8. The molecule has 120 valence electrons. The number of phenolic OH excluding ortho intramolecular Hbond substituents is 2. The van der Waals surface area contributed by atoms with Crippen molar-refractivity contribution in [3.63, 3.8) is 0 Å². The second kappa shape index (κ2) is 6.69. The lowest BCUT2D eigenvalue weighted by Gasteiger charge is -2.13. The SMILES string of the molecule is O=C(O)CCc1cc(O)c(O)cc1Nc1ccc(C(=O)O)cc1. The number of carboxylic acids is 2. The van der Waals surface area contributed by atoms with Gasteiger partial charge in [-0.3, -0.25) is 4.79 Å². The van der Waals surface area contributed by atoms with Gasteiger partial charge in [0, 0.05) is 23.9 Å². The number of carbonyl (C=O) groups is 2. The van der Waals surface area contributed by atoms with E-state index >= 15 is 0 Å². The Hall–Kier alpha value is -3.22. The van der Waals surface area contributed by atoms with Crippen LogP contribution in [0, 0.1) is 0 Å². The minimum Gasteiger partial charge on any atom is -0.504 e. The summed E-state index contributed by atoms with van der Waals surface area (Å²) in [5.41, 5.74) is 1.65. The van der Waals surface area contributed by atoms with E-state index in [4.69, 9.17) is 10.2 Å². The number of phenols is 2. The first-order valence-corrected chi connectivity index (χ1v) is 6.74. The first kappa shape index (κ1) is 16.2. The second-order valence-corrected chi connectivity index (χ2v) is 4.90. The molecule has 23 heavy (non-hydrogen) atoms. The number of carboxylic acid groups (broad SMARTS) is 2. The van der Waals surface area contributed by atoms with Crippen LogP contribution in [0.15, 0.2) is 36.4 Å². The molecule has 7 nitrogen and oxygen atoms in total. The molecule has 0 radical (unpaired) electrons. The van der Waals surface area contributed by atoms with Gasteiger partial charge < -0.3 is 25.7 Å². The number of aliphatic carboxylic acids is 1. The van der Waals surface area contributed by atoms with Crippen molar-refractivity contribution in [1.82, 2.24) is 0 Å². The van der Waals surface area contributed by atoms with Gasteiger partial charge in [-0.25, -0.2) is 4.79 Å². The Morgan fingerprint density at radius 1 is 0.957 bits per heavy atom. The third-order valence-electron chi connectivity index (χ3n) is 3.22. The lowest BCUT2D eigenvalue weighted by atomic mass is 10.1. The lowest BCUT2D eigenvalue weighted by molar-refractivity contribution is -0.136. The fourth-order valence-electron chi connectivity index (χ4n) is 2.04. The third-order valence-corrected chi connectivity index (χ3v) is 3.22. The minimum atomic E-state index is -1.04. The van der Waals surface area contributed by atoms with Crippen LogP contribution in [0.5, 0.6) is 11.5 Å². The zero-order valence-electron chi connectivity index (χ0n) is 12.0. The monoisotopic (exact) mass is 317 g/mol.